The highest BCUT2D eigenvalue weighted by Gasteiger charge is 2.26. The van der Waals surface area contributed by atoms with Gasteiger partial charge in [-0.25, -0.2) is 21.6 Å². The lowest BCUT2D eigenvalue weighted by atomic mass is 10.2. The molecule has 0 saturated carbocycles. The highest BCUT2D eigenvalue weighted by Crippen LogP contribution is 2.18. The predicted molar refractivity (Wildman–Crippen MR) is 82.5 cm³/mol. The van der Waals surface area contributed by atoms with Crippen LogP contribution in [-0.2, 0) is 20.0 Å². The standard InChI is InChI=1S/C12H23N3O5S2/c1-6-9(2)15(21(5,16)17)8-7-13-22(18,19)12-10(3)14-20-11(12)4/h9,13H,6-8H2,1-5H3. The number of hydrogen-bond donors (Lipinski definition) is 1. The van der Waals surface area contributed by atoms with Gasteiger partial charge in [-0.3, -0.25) is 0 Å². The number of rotatable bonds is 8. The number of aryl methyl sites for hydroxylation is 2. The molecule has 0 aliphatic rings. The molecular formula is C12H23N3O5S2. The molecule has 0 aliphatic heterocycles. The second-order valence-electron chi connectivity index (χ2n) is 5.18. The number of nitrogens with one attached hydrogen (secondary N) is 1. The molecule has 8 nitrogen and oxygen atoms in total. The molecular weight excluding hydrogens is 330 g/mol. The van der Waals surface area contributed by atoms with Crippen molar-refractivity contribution < 1.29 is 21.4 Å². The summed E-state index contributed by atoms with van der Waals surface area (Å²) in [5, 5.41) is 3.61. The second-order valence-corrected chi connectivity index (χ2v) is 8.82. The first-order valence-electron chi connectivity index (χ1n) is 6.90. The molecule has 0 aliphatic carbocycles. The predicted octanol–water partition coefficient (Wildman–Crippen LogP) is 0.630. The Morgan fingerprint density at radius 2 is 1.86 bits per heavy atom. The minimum atomic E-state index is -3.78. The lowest BCUT2D eigenvalue weighted by Gasteiger charge is -2.25. The van der Waals surface area contributed by atoms with Gasteiger partial charge in [0.2, 0.25) is 20.0 Å². The largest absolute Gasteiger partial charge is 0.360 e. The van der Waals surface area contributed by atoms with E-state index in [0.717, 1.165) is 6.26 Å². The quantitative estimate of drug-likeness (QED) is 0.734. The molecule has 128 valence electrons. The Balaban J connectivity index is 2.81. The smallest absolute Gasteiger partial charge is 0.246 e. The first-order chi connectivity index (χ1) is 10.0. The third kappa shape index (κ3) is 4.51. The molecule has 0 spiro atoms. The molecule has 0 bridgehead atoms. The van der Waals surface area contributed by atoms with Gasteiger partial charge in [-0.15, -0.1) is 0 Å². The molecule has 1 aromatic heterocycles. The Kier molecular flexibility index (Phi) is 6.13. The Hall–Kier alpha value is -0.970. The van der Waals surface area contributed by atoms with Crippen molar-refractivity contribution in [2.75, 3.05) is 19.3 Å². The van der Waals surface area contributed by atoms with Crippen LogP contribution in [0, 0.1) is 13.8 Å². The minimum Gasteiger partial charge on any atom is -0.360 e. The SMILES string of the molecule is CCC(C)N(CCNS(=O)(=O)c1c(C)noc1C)S(C)(=O)=O. The van der Waals surface area contributed by atoms with Crippen LogP contribution in [0.2, 0.25) is 0 Å². The molecule has 1 heterocycles. The van der Waals surface area contributed by atoms with E-state index in [1.165, 1.54) is 18.2 Å². The summed E-state index contributed by atoms with van der Waals surface area (Å²) in [6, 6.07) is -0.196. The second kappa shape index (κ2) is 7.07. The summed E-state index contributed by atoms with van der Waals surface area (Å²) in [5.41, 5.74) is 0.270. The van der Waals surface area contributed by atoms with Crippen LogP contribution in [0.1, 0.15) is 31.7 Å². The first-order valence-corrected chi connectivity index (χ1v) is 10.2. The fourth-order valence-electron chi connectivity index (χ4n) is 2.14. The van der Waals surface area contributed by atoms with E-state index in [0.29, 0.717) is 6.42 Å². The maximum atomic E-state index is 12.2. The van der Waals surface area contributed by atoms with Gasteiger partial charge in [-0.05, 0) is 27.2 Å². The maximum Gasteiger partial charge on any atom is 0.246 e. The van der Waals surface area contributed by atoms with Gasteiger partial charge in [0.25, 0.3) is 0 Å². The Labute approximate surface area is 132 Å². The highest BCUT2D eigenvalue weighted by atomic mass is 32.2. The number of hydrogen-bond acceptors (Lipinski definition) is 6. The van der Waals surface area contributed by atoms with Gasteiger partial charge in [0, 0.05) is 19.1 Å². The van der Waals surface area contributed by atoms with Crippen molar-refractivity contribution in [3.63, 3.8) is 0 Å². The summed E-state index contributed by atoms with van der Waals surface area (Å²) >= 11 is 0. The summed E-state index contributed by atoms with van der Waals surface area (Å²) in [6.45, 7) is 6.74. The lowest BCUT2D eigenvalue weighted by Crippen LogP contribution is -2.42. The van der Waals surface area contributed by atoms with Crippen molar-refractivity contribution in [2.24, 2.45) is 0 Å². The van der Waals surface area contributed by atoms with Crippen LogP contribution < -0.4 is 4.72 Å². The third-order valence-electron chi connectivity index (χ3n) is 3.37. The van der Waals surface area contributed by atoms with Crippen molar-refractivity contribution in [3.8, 4) is 0 Å². The van der Waals surface area contributed by atoms with Crippen molar-refractivity contribution >= 4 is 20.0 Å². The monoisotopic (exact) mass is 353 g/mol. The van der Waals surface area contributed by atoms with Crippen molar-refractivity contribution in [2.45, 2.75) is 45.1 Å². The number of nitrogens with zero attached hydrogens (tertiary/aromatic N) is 2. The summed E-state index contributed by atoms with van der Waals surface area (Å²) in [6.07, 6.45) is 1.76. The van der Waals surface area contributed by atoms with E-state index in [4.69, 9.17) is 4.52 Å². The van der Waals surface area contributed by atoms with Crippen molar-refractivity contribution in [1.82, 2.24) is 14.2 Å². The van der Waals surface area contributed by atoms with Gasteiger partial charge in [-0.1, -0.05) is 12.1 Å². The lowest BCUT2D eigenvalue weighted by molar-refractivity contribution is 0.335. The summed E-state index contributed by atoms with van der Waals surface area (Å²) in [7, 11) is -7.18. The molecule has 1 N–H and O–H groups in total. The molecule has 0 radical (unpaired) electrons. The topological polar surface area (TPSA) is 110 Å². The Morgan fingerprint density at radius 3 is 2.27 bits per heavy atom. The Bertz CT molecular complexity index is 690. The van der Waals surface area contributed by atoms with E-state index in [9.17, 15) is 16.8 Å². The third-order valence-corrected chi connectivity index (χ3v) is 6.47. The van der Waals surface area contributed by atoms with Crippen molar-refractivity contribution in [1.29, 1.82) is 0 Å². The molecule has 1 aromatic rings. The minimum absolute atomic E-state index is 0.00180. The first kappa shape index (κ1) is 19.1. The average molecular weight is 353 g/mol. The van der Waals surface area contributed by atoms with Crippen LogP contribution in [-0.4, -0.2) is 51.7 Å². The number of sulfonamides is 2. The van der Waals surface area contributed by atoms with E-state index in [-0.39, 0.29) is 35.5 Å². The average Bonchev–Trinajstić information content (AvgIpc) is 2.72. The van der Waals surface area contributed by atoms with Crippen LogP contribution in [0.4, 0.5) is 0 Å². The molecule has 0 fully saturated rings. The zero-order chi connectivity index (χ0) is 17.1. The van der Waals surface area contributed by atoms with Gasteiger partial charge in [0.05, 0.1) is 6.26 Å². The van der Waals surface area contributed by atoms with E-state index >= 15 is 0 Å². The fraction of sp³-hybridized carbons (Fsp3) is 0.750. The zero-order valence-electron chi connectivity index (χ0n) is 13.5. The van der Waals surface area contributed by atoms with E-state index in [1.54, 1.807) is 6.92 Å². The van der Waals surface area contributed by atoms with Crippen molar-refractivity contribution in [3.05, 3.63) is 11.5 Å². The fourth-order valence-corrected chi connectivity index (χ4v) is 4.71. The van der Waals surface area contributed by atoms with Gasteiger partial charge in [-0.2, -0.15) is 4.31 Å². The molecule has 1 rings (SSSR count). The molecule has 1 unspecified atom stereocenters. The highest BCUT2D eigenvalue weighted by molar-refractivity contribution is 7.89. The van der Waals surface area contributed by atoms with Gasteiger partial charge in [0.15, 0.2) is 5.76 Å². The van der Waals surface area contributed by atoms with Crippen LogP contribution in [0.5, 0.6) is 0 Å². The maximum absolute atomic E-state index is 12.2. The van der Waals surface area contributed by atoms with Crippen LogP contribution in [0.3, 0.4) is 0 Å². The van der Waals surface area contributed by atoms with E-state index < -0.39 is 20.0 Å². The van der Waals surface area contributed by atoms with Crippen LogP contribution in [0.15, 0.2) is 9.42 Å². The molecule has 22 heavy (non-hydrogen) atoms. The number of aromatic nitrogens is 1. The molecule has 0 amide bonds. The van der Waals surface area contributed by atoms with Gasteiger partial charge >= 0.3 is 0 Å². The summed E-state index contributed by atoms with van der Waals surface area (Å²) in [5.74, 6) is 0.201. The Morgan fingerprint density at radius 1 is 1.27 bits per heavy atom. The summed E-state index contributed by atoms with van der Waals surface area (Å²) in [4.78, 5) is 0.00180. The molecule has 1 atom stereocenters. The molecule has 10 heteroatoms. The normalized spacial score (nSPS) is 14.5. The van der Waals surface area contributed by atoms with Crippen LogP contribution in [0.25, 0.3) is 0 Å². The zero-order valence-corrected chi connectivity index (χ0v) is 15.1. The van der Waals surface area contributed by atoms with E-state index in [2.05, 4.69) is 9.88 Å². The van der Waals surface area contributed by atoms with Gasteiger partial charge < -0.3 is 4.52 Å². The van der Waals surface area contributed by atoms with Gasteiger partial charge in [0.1, 0.15) is 10.6 Å². The molecule has 0 saturated heterocycles. The van der Waals surface area contributed by atoms with Crippen LogP contribution >= 0.6 is 0 Å². The summed E-state index contributed by atoms with van der Waals surface area (Å²) < 4.78 is 56.5. The van der Waals surface area contributed by atoms with E-state index in [1.807, 2.05) is 6.92 Å². The molecule has 0 aromatic carbocycles.